The lowest BCUT2D eigenvalue weighted by molar-refractivity contribution is 0.233. The van der Waals surface area contributed by atoms with Crippen LogP contribution in [0.1, 0.15) is 31.4 Å². The van der Waals surface area contributed by atoms with Gasteiger partial charge in [-0.1, -0.05) is 17.7 Å². The molecule has 0 saturated carbocycles. The van der Waals surface area contributed by atoms with Crippen LogP contribution in [-0.2, 0) is 0 Å². The Bertz CT molecular complexity index is 396. The van der Waals surface area contributed by atoms with Crippen LogP contribution in [0.4, 0.5) is 0 Å². The minimum atomic E-state index is 0.474. The Morgan fingerprint density at radius 2 is 2.38 bits per heavy atom. The highest BCUT2D eigenvalue weighted by atomic mass is 14.9. The molecule has 2 heteroatoms. The predicted octanol–water partition coefficient (Wildman–Crippen LogP) is 2.70. The van der Waals surface area contributed by atoms with Crippen LogP contribution in [0.15, 0.2) is 36.2 Å². The molecule has 1 aliphatic carbocycles. The molecule has 0 amide bonds. The molecule has 0 radical (unpaired) electrons. The molecular formula is C14H18N2. The van der Waals surface area contributed by atoms with Crippen LogP contribution in [0.5, 0.6) is 0 Å². The van der Waals surface area contributed by atoms with E-state index in [0.717, 1.165) is 12.5 Å². The van der Waals surface area contributed by atoms with Gasteiger partial charge in [-0.3, -0.25) is 4.98 Å². The topological polar surface area (TPSA) is 24.9 Å². The summed E-state index contributed by atoms with van der Waals surface area (Å²) in [5.74, 6) is 1.53. The Morgan fingerprint density at radius 1 is 1.44 bits per heavy atom. The van der Waals surface area contributed by atoms with Gasteiger partial charge in [0.15, 0.2) is 0 Å². The fourth-order valence-corrected chi connectivity index (χ4v) is 3.06. The van der Waals surface area contributed by atoms with Crippen molar-refractivity contribution in [3.63, 3.8) is 0 Å². The molecule has 0 spiro atoms. The van der Waals surface area contributed by atoms with Gasteiger partial charge in [-0.05, 0) is 49.8 Å². The number of piperidine rings is 1. The van der Waals surface area contributed by atoms with Gasteiger partial charge in [0, 0.05) is 18.4 Å². The van der Waals surface area contributed by atoms with Crippen LogP contribution < -0.4 is 5.32 Å². The molecule has 1 aliphatic heterocycles. The van der Waals surface area contributed by atoms with Crippen molar-refractivity contribution in [1.82, 2.24) is 10.3 Å². The SMILES string of the molecule is CC1=CC[C@H]2CN[C@@H](c3cccnc3)[C@@H]1C2. The molecule has 1 saturated heterocycles. The zero-order valence-electron chi connectivity index (χ0n) is 9.69. The molecule has 0 unspecified atom stereocenters. The zero-order valence-corrected chi connectivity index (χ0v) is 9.69. The first-order valence-corrected chi connectivity index (χ1v) is 6.14. The summed E-state index contributed by atoms with van der Waals surface area (Å²) in [5, 5.41) is 3.69. The molecule has 1 aromatic rings. The van der Waals surface area contributed by atoms with E-state index in [4.69, 9.17) is 0 Å². The van der Waals surface area contributed by atoms with Crippen LogP contribution in [-0.4, -0.2) is 11.5 Å². The number of nitrogens with zero attached hydrogens (tertiary/aromatic N) is 1. The third-order valence-electron chi connectivity index (χ3n) is 4.02. The van der Waals surface area contributed by atoms with Crippen LogP contribution >= 0.6 is 0 Å². The number of fused-ring (bicyclic) bond motifs is 2. The van der Waals surface area contributed by atoms with Crippen molar-refractivity contribution in [2.45, 2.75) is 25.8 Å². The largest absolute Gasteiger partial charge is 0.309 e. The molecule has 16 heavy (non-hydrogen) atoms. The summed E-state index contributed by atoms with van der Waals surface area (Å²) in [5.41, 5.74) is 2.89. The summed E-state index contributed by atoms with van der Waals surface area (Å²) in [6.45, 7) is 3.43. The highest BCUT2D eigenvalue weighted by molar-refractivity contribution is 5.23. The second-order valence-electron chi connectivity index (χ2n) is 5.06. The van der Waals surface area contributed by atoms with Gasteiger partial charge < -0.3 is 5.32 Å². The summed E-state index contributed by atoms with van der Waals surface area (Å²) in [6.07, 6.45) is 8.88. The van der Waals surface area contributed by atoms with E-state index in [1.54, 1.807) is 5.57 Å². The molecule has 2 aliphatic rings. The van der Waals surface area contributed by atoms with E-state index in [0.29, 0.717) is 12.0 Å². The number of allylic oxidation sites excluding steroid dienone is 1. The van der Waals surface area contributed by atoms with Crippen molar-refractivity contribution in [2.75, 3.05) is 6.54 Å². The number of hydrogen-bond acceptors (Lipinski definition) is 2. The van der Waals surface area contributed by atoms with Crippen LogP contribution in [0.2, 0.25) is 0 Å². The summed E-state index contributed by atoms with van der Waals surface area (Å²) in [6, 6.07) is 4.69. The van der Waals surface area contributed by atoms with Crippen molar-refractivity contribution in [2.24, 2.45) is 11.8 Å². The van der Waals surface area contributed by atoms with Crippen LogP contribution in [0, 0.1) is 11.8 Å². The van der Waals surface area contributed by atoms with E-state index < -0.39 is 0 Å². The van der Waals surface area contributed by atoms with Gasteiger partial charge in [0.25, 0.3) is 0 Å². The van der Waals surface area contributed by atoms with E-state index in [9.17, 15) is 0 Å². The highest BCUT2D eigenvalue weighted by Crippen LogP contribution is 2.40. The second kappa shape index (κ2) is 4.02. The summed E-state index contributed by atoms with van der Waals surface area (Å²) >= 11 is 0. The maximum Gasteiger partial charge on any atom is 0.0401 e. The van der Waals surface area contributed by atoms with Gasteiger partial charge in [0.2, 0.25) is 0 Å². The maximum absolute atomic E-state index is 4.23. The first-order valence-electron chi connectivity index (χ1n) is 6.14. The first-order chi connectivity index (χ1) is 7.84. The van der Waals surface area contributed by atoms with Gasteiger partial charge in [0.1, 0.15) is 0 Å². The average Bonchev–Trinajstić information content (AvgIpc) is 2.36. The summed E-state index contributed by atoms with van der Waals surface area (Å²) in [7, 11) is 0. The molecule has 0 aromatic carbocycles. The van der Waals surface area contributed by atoms with Crippen molar-refractivity contribution >= 4 is 0 Å². The predicted molar refractivity (Wildman–Crippen MR) is 65.0 cm³/mol. The molecule has 1 fully saturated rings. The Kier molecular flexibility index (Phi) is 2.52. The minimum absolute atomic E-state index is 0.474. The molecular weight excluding hydrogens is 196 g/mol. The standard InChI is InChI=1S/C14H18N2/c1-10-4-5-11-7-13(10)14(16-8-11)12-3-2-6-15-9-12/h2-4,6,9,11,13-14,16H,5,7-8H2,1H3/t11-,13-,14+/m1/s1. The van der Waals surface area contributed by atoms with Gasteiger partial charge in [0.05, 0.1) is 0 Å². The van der Waals surface area contributed by atoms with Gasteiger partial charge in [-0.25, -0.2) is 0 Å². The molecule has 2 bridgehead atoms. The van der Waals surface area contributed by atoms with Crippen molar-refractivity contribution in [3.8, 4) is 0 Å². The second-order valence-corrected chi connectivity index (χ2v) is 5.06. The number of hydrogen-bond donors (Lipinski definition) is 1. The van der Waals surface area contributed by atoms with E-state index in [1.165, 1.54) is 18.4 Å². The molecule has 1 N–H and O–H groups in total. The van der Waals surface area contributed by atoms with Crippen LogP contribution in [0.3, 0.4) is 0 Å². The zero-order chi connectivity index (χ0) is 11.0. The lowest BCUT2D eigenvalue weighted by atomic mass is 9.73. The Labute approximate surface area is 96.8 Å². The number of pyridine rings is 1. The normalized spacial score (nSPS) is 33.3. The average molecular weight is 214 g/mol. The number of nitrogens with one attached hydrogen (secondary N) is 1. The third kappa shape index (κ3) is 1.67. The van der Waals surface area contributed by atoms with E-state index in [-0.39, 0.29) is 0 Å². The van der Waals surface area contributed by atoms with Gasteiger partial charge >= 0.3 is 0 Å². The van der Waals surface area contributed by atoms with Crippen molar-refractivity contribution in [1.29, 1.82) is 0 Å². The lowest BCUT2D eigenvalue weighted by Crippen LogP contribution is -2.41. The molecule has 84 valence electrons. The minimum Gasteiger partial charge on any atom is -0.309 e. The molecule has 2 nitrogen and oxygen atoms in total. The number of rotatable bonds is 1. The van der Waals surface area contributed by atoms with Crippen molar-refractivity contribution < 1.29 is 0 Å². The smallest absolute Gasteiger partial charge is 0.0401 e. The highest BCUT2D eigenvalue weighted by Gasteiger charge is 2.34. The third-order valence-corrected chi connectivity index (χ3v) is 4.02. The van der Waals surface area contributed by atoms with Crippen molar-refractivity contribution in [3.05, 3.63) is 41.7 Å². The first kappa shape index (κ1) is 10.0. The molecule has 2 heterocycles. The molecule has 3 rings (SSSR count). The quantitative estimate of drug-likeness (QED) is 0.727. The van der Waals surface area contributed by atoms with Gasteiger partial charge in [-0.2, -0.15) is 0 Å². The van der Waals surface area contributed by atoms with E-state index in [2.05, 4.69) is 29.4 Å². The fraction of sp³-hybridized carbons (Fsp3) is 0.500. The van der Waals surface area contributed by atoms with Gasteiger partial charge in [-0.15, -0.1) is 0 Å². The number of aromatic nitrogens is 1. The Balaban J connectivity index is 1.91. The lowest BCUT2D eigenvalue weighted by Gasteiger charge is -2.40. The van der Waals surface area contributed by atoms with Crippen LogP contribution in [0.25, 0.3) is 0 Å². The monoisotopic (exact) mass is 214 g/mol. The Hall–Kier alpha value is -1.15. The Morgan fingerprint density at radius 3 is 3.19 bits per heavy atom. The fourth-order valence-electron chi connectivity index (χ4n) is 3.06. The maximum atomic E-state index is 4.23. The molecule has 3 atom stereocenters. The van der Waals surface area contributed by atoms with E-state index in [1.807, 2.05) is 18.5 Å². The summed E-state index contributed by atoms with van der Waals surface area (Å²) < 4.78 is 0. The summed E-state index contributed by atoms with van der Waals surface area (Å²) in [4.78, 5) is 4.23. The van der Waals surface area contributed by atoms with E-state index >= 15 is 0 Å². The molecule has 1 aromatic heterocycles.